The highest BCUT2D eigenvalue weighted by atomic mass is 32.1. The zero-order valence-electron chi connectivity index (χ0n) is 10.7. The van der Waals surface area contributed by atoms with Crippen molar-refractivity contribution in [3.63, 3.8) is 0 Å². The molecule has 0 atom stereocenters. The predicted molar refractivity (Wildman–Crippen MR) is 73.4 cm³/mol. The van der Waals surface area contributed by atoms with E-state index in [0.29, 0.717) is 16.5 Å². The Balaban J connectivity index is 2.22. The summed E-state index contributed by atoms with van der Waals surface area (Å²) in [6.45, 7) is 2.07. The minimum absolute atomic E-state index is 0.324. The summed E-state index contributed by atoms with van der Waals surface area (Å²) in [6.07, 6.45) is -0.511. The van der Waals surface area contributed by atoms with Crippen LogP contribution in [0, 0.1) is 0 Å². The first-order chi connectivity index (χ1) is 9.19. The first-order valence-corrected chi connectivity index (χ1v) is 6.58. The van der Waals surface area contributed by atoms with E-state index in [0.717, 1.165) is 5.69 Å². The number of nitrogens with zero attached hydrogens (tertiary/aromatic N) is 3. The van der Waals surface area contributed by atoms with Crippen LogP contribution in [0.4, 0.5) is 15.6 Å². The van der Waals surface area contributed by atoms with Crippen molar-refractivity contribution in [1.29, 1.82) is 0 Å². The lowest BCUT2D eigenvalue weighted by Crippen LogP contribution is -2.13. The van der Waals surface area contributed by atoms with Crippen molar-refractivity contribution in [2.75, 3.05) is 11.9 Å². The van der Waals surface area contributed by atoms with E-state index >= 15 is 0 Å². The van der Waals surface area contributed by atoms with Gasteiger partial charge < -0.3 is 4.74 Å². The summed E-state index contributed by atoms with van der Waals surface area (Å²) in [5.41, 5.74) is 0.837. The molecule has 0 aliphatic rings. The van der Waals surface area contributed by atoms with Crippen LogP contribution in [-0.2, 0) is 11.8 Å². The number of hydrogen-bond acceptors (Lipinski definition) is 5. The Hall–Kier alpha value is -2.15. The third kappa shape index (κ3) is 3.65. The second-order valence-corrected chi connectivity index (χ2v) is 4.56. The molecule has 0 aliphatic heterocycles. The van der Waals surface area contributed by atoms with Crippen LogP contribution >= 0.6 is 11.3 Å². The van der Waals surface area contributed by atoms with Crippen LogP contribution in [0.2, 0.25) is 0 Å². The number of hydrogen-bond donors (Lipinski definition) is 1. The molecule has 0 radical (unpaired) electrons. The van der Waals surface area contributed by atoms with E-state index in [1.165, 1.54) is 11.3 Å². The fourth-order valence-corrected chi connectivity index (χ4v) is 2.16. The quantitative estimate of drug-likeness (QED) is 0.936. The molecule has 1 amide bonds. The summed E-state index contributed by atoms with van der Waals surface area (Å²) >= 11 is 1.28. The molecule has 1 aromatic heterocycles. The Bertz CT molecular complexity index is 618. The van der Waals surface area contributed by atoms with E-state index in [1.807, 2.05) is 30.3 Å². The number of carbonyl (C=O) groups excluding carboxylic acids is 1. The Morgan fingerprint density at radius 1 is 1.47 bits per heavy atom. The molecule has 19 heavy (non-hydrogen) atoms. The molecule has 2 aromatic rings. The van der Waals surface area contributed by atoms with Crippen LogP contribution in [0.15, 0.2) is 35.3 Å². The molecule has 0 saturated heterocycles. The Morgan fingerprint density at radius 3 is 2.89 bits per heavy atom. The molecule has 0 spiro atoms. The monoisotopic (exact) mass is 278 g/mol. The molecule has 0 aliphatic carbocycles. The maximum atomic E-state index is 11.3. The molecule has 100 valence electrons. The third-order valence-electron chi connectivity index (χ3n) is 2.17. The van der Waals surface area contributed by atoms with Crippen LogP contribution in [0.5, 0.6) is 0 Å². The van der Waals surface area contributed by atoms with Crippen LogP contribution in [0.3, 0.4) is 0 Å². The standard InChI is InChI=1S/C12H14N4O2S/c1-3-18-12(17)14-10-15-16(2)11(19-10)13-9-7-5-4-6-8-9/h4-8H,3H2,1-2H3,(H,14,15,17). The SMILES string of the molecule is CCOC(=O)Nc1nn(C)c(=Nc2ccccc2)s1. The molecular weight excluding hydrogens is 264 g/mol. The molecule has 1 heterocycles. The summed E-state index contributed by atoms with van der Waals surface area (Å²) < 4.78 is 6.40. The highest BCUT2D eigenvalue weighted by Crippen LogP contribution is 2.11. The highest BCUT2D eigenvalue weighted by molar-refractivity contribution is 7.13. The minimum atomic E-state index is -0.511. The first kappa shape index (κ1) is 13.3. The lowest BCUT2D eigenvalue weighted by Gasteiger charge is -1.99. The Morgan fingerprint density at radius 2 is 2.21 bits per heavy atom. The first-order valence-electron chi connectivity index (χ1n) is 5.76. The Kier molecular flexibility index (Phi) is 4.30. The minimum Gasteiger partial charge on any atom is -0.450 e. The maximum absolute atomic E-state index is 11.3. The second kappa shape index (κ2) is 6.14. The van der Waals surface area contributed by atoms with Gasteiger partial charge in [-0.3, -0.25) is 5.32 Å². The zero-order valence-corrected chi connectivity index (χ0v) is 11.5. The number of amides is 1. The molecule has 6 nitrogen and oxygen atoms in total. The van der Waals surface area contributed by atoms with Crippen molar-refractivity contribution in [1.82, 2.24) is 9.78 Å². The Labute approximate surface area is 114 Å². The number of rotatable bonds is 3. The van der Waals surface area contributed by atoms with Gasteiger partial charge in [0.1, 0.15) is 0 Å². The average molecular weight is 278 g/mol. The molecule has 7 heteroatoms. The lowest BCUT2D eigenvalue weighted by molar-refractivity contribution is 0.168. The van der Waals surface area contributed by atoms with E-state index in [1.54, 1.807) is 18.7 Å². The number of aromatic nitrogens is 2. The summed E-state index contributed by atoms with van der Waals surface area (Å²) in [7, 11) is 1.77. The van der Waals surface area contributed by atoms with Crippen molar-refractivity contribution < 1.29 is 9.53 Å². The average Bonchev–Trinajstić information content (AvgIpc) is 2.71. The molecular formula is C12H14N4O2S. The smallest absolute Gasteiger partial charge is 0.413 e. The van der Waals surface area contributed by atoms with Gasteiger partial charge in [0.25, 0.3) is 0 Å². The lowest BCUT2D eigenvalue weighted by atomic mass is 10.3. The maximum Gasteiger partial charge on any atom is 0.413 e. The van der Waals surface area contributed by atoms with Gasteiger partial charge in [0, 0.05) is 7.05 Å². The van der Waals surface area contributed by atoms with Gasteiger partial charge in [0.15, 0.2) is 0 Å². The molecule has 0 saturated carbocycles. The van der Waals surface area contributed by atoms with Gasteiger partial charge in [-0.1, -0.05) is 29.5 Å². The van der Waals surface area contributed by atoms with Gasteiger partial charge in [-0.2, -0.15) is 0 Å². The van der Waals surface area contributed by atoms with E-state index < -0.39 is 6.09 Å². The number of para-hydroxylation sites is 1. The summed E-state index contributed by atoms with van der Waals surface area (Å²) in [6, 6.07) is 9.56. The zero-order chi connectivity index (χ0) is 13.7. The van der Waals surface area contributed by atoms with Crippen molar-refractivity contribution in [2.45, 2.75) is 6.92 Å². The van der Waals surface area contributed by atoms with E-state index in [2.05, 4.69) is 15.4 Å². The summed E-state index contributed by atoms with van der Waals surface area (Å²) in [5.74, 6) is 0. The number of anilines is 1. The van der Waals surface area contributed by atoms with Crippen molar-refractivity contribution >= 4 is 28.2 Å². The van der Waals surface area contributed by atoms with Crippen LogP contribution in [-0.4, -0.2) is 22.5 Å². The van der Waals surface area contributed by atoms with Gasteiger partial charge in [0.2, 0.25) is 9.93 Å². The van der Waals surface area contributed by atoms with Crippen molar-refractivity contribution in [2.24, 2.45) is 12.0 Å². The number of carbonyl (C=O) groups is 1. The second-order valence-electron chi connectivity index (χ2n) is 3.61. The molecule has 1 N–H and O–H groups in total. The molecule has 2 rings (SSSR count). The van der Waals surface area contributed by atoms with Crippen LogP contribution in [0.1, 0.15) is 6.92 Å². The number of nitrogens with one attached hydrogen (secondary N) is 1. The fourth-order valence-electron chi connectivity index (χ4n) is 1.37. The fraction of sp³-hybridized carbons (Fsp3) is 0.250. The number of benzene rings is 1. The largest absolute Gasteiger partial charge is 0.450 e. The highest BCUT2D eigenvalue weighted by Gasteiger charge is 2.07. The van der Waals surface area contributed by atoms with Gasteiger partial charge in [-0.05, 0) is 19.1 Å². The van der Waals surface area contributed by atoms with Crippen molar-refractivity contribution in [3.8, 4) is 0 Å². The number of aryl methyl sites for hydroxylation is 1. The van der Waals surface area contributed by atoms with Crippen molar-refractivity contribution in [3.05, 3.63) is 35.1 Å². The van der Waals surface area contributed by atoms with Gasteiger partial charge in [0.05, 0.1) is 12.3 Å². The van der Waals surface area contributed by atoms with Gasteiger partial charge in [-0.25, -0.2) is 14.5 Å². The topological polar surface area (TPSA) is 68.5 Å². The van der Waals surface area contributed by atoms with E-state index in [4.69, 9.17) is 4.74 Å². The third-order valence-corrected chi connectivity index (χ3v) is 3.09. The summed E-state index contributed by atoms with van der Waals surface area (Å²) in [5, 5.41) is 7.17. The van der Waals surface area contributed by atoms with E-state index in [-0.39, 0.29) is 0 Å². The predicted octanol–water partition coefficient (Wildman–Crippen LogP) is 2.28. The molecule has 0 bridgehead atoms. The normalized spacial score (nSPS) is 11.4. The molecule has 0 fully saturated rings. The molecule has 1 aromatic carbocycles. The summed E-state index contributed by atoms with van der Waals surface area (Å²) in [4.78, 5) is 16.4. The van der Waals surface area contributed by atoms with Gasteiger partial charge >= 0.3 is 6.09 Å². The van der Waals surface area contributed by atoms with Gasteiger partial charge in [-0.15, -0.1) is 5.10 Å². The van der Waals surface area contributed by atoms with Crippen LogP contribution in [0.25, 0.3) is 0 Å². The molecule has 0 unspecified atom stereocenters. The van der Waals surface area contributed by atoms with E-state index in [9.17, 15) is 4.79 Å². The number of ether oxygens (including phenoxy) is 1. The van der Waals surface area contributed by atoms with Crippen LogP contribution < -0.4 is 10.1 Å².